The molecule has 8 heteroatoms. The minimum Gasteiger partial charge on any atom is -0.507 e. The summed E-state index contributed by atoms with van der Waals surface area (Å²) >= 11 is 0. The van der Waals surface area contributed by atoms with Gasteiger partial charge in [-0.25, -0.2) is 4.79 Å². The van der Waals surface area contributed by atoms with Crippen molar-refractivity contribution < 1.29 is 24.2 Å². The minimum absolute atomic E-state index is 0. The van der Waals surface area contributed by atoms with Crippen LogP contribution < -0.4 is 15.4 Å². The highest BCUT2D eigenvalue weighted by molar-refractivity contribution is 6.00. The number of phenols is 1. The number of aryl methyl sites for hydroxylation is 1. The number of hydrogen-bond donors (Lipinski definition) is 3. The summed E-state index contributed by atoms with van der Waals surface area (Å²) in [5.41, 5.74) is 2.24. The van der Waals surface area contributed by atoms with Gasteiger partial charge in [-0.1, -0.05) is 30.3 Å². The van der Waals surface area contributed by atoms with Gasteiger partial charge in [0.15, 0.2) is 0 Å². The quantitative estimate of drug-likeness (QED) is 0.318. The maximum atomic E-state index is 13.0. The van der Waals surface area contributed by atoms with E-state index in [1.165, 1.54) is 0 Å². The molecule has 7 nitrogen and oxygen atoms in total. The van der Waals surface area contributed by atoms with Crippen LogP contribution >= 0.6 is 12.4 Å². The maximum Gasteiger partial charge on any atom is 0.328 e. The number of amides is 1. The summed E-state index contributed by atoms with van der Waals surface area (Å²) < 4.78 is 11.0. The molecule has 3 N–H and O–H groups in total. The van der Waals surface area contributed by atoms with Crippen molar-refractivity contribution in [3.8, 4) is 11.5 Å². The molecule has 1 amide bonds. The van der Waals surface area contributed by atoms with E-state index >= 15 is 0 Å². The average molecular weight is 479 g/mol. The Morgan fingerprint density at radius 3 is 2.45 bits per heavy atom. The smallest absolute Gasteiger partial charge is 0.328 e. The van der Waals surface area contributed by atoms with E-state index in [-0.39, 0.29) is 36.7 Å². The van der Waals surface area contributed by atoms with Gasteiger partial charge < -0.3 is 25.2 Å². The van der Waals surface area contributed by atoms with E-state index < -0.39 is 17.9 Å². The van der Waals surface area contributed by atoms with Crippen molar-refractivity contribution in [3.05, 3.63) is 58.7 Å². The first-order valence-electron chi connectivity index (χ1n) is 11.0. The Bertz CT molecular complexity index is 905. The van der Waals surface area contributed by atoms with Gasteiger partial charge in [-0.3, -0.25) is 4.79 Å². The monoisotopic (exact) mass is 478 g/mol. The molecule has 0 aliphatic carbocycles. The predicted molar refractivity (Wildman–Crippen MR) is 132 cm³/mol. The Kier molecular flexibility index (Phi) is 12.3. The van der Waals surface area contributed by atoms with Gasteiger partial charge in [0.2, 0.25) is 0 Å². The number of halogens is 1. The second-order valence-corrected chi connectivity index (χ2v) is 7.67. The van der Waals surface area contributed by atoms with E-state index in [1.54, 1.807) is 19.9 Å². The number of carbonyl (C=O) groups is 2. The van der Waals surface area contributed by atoms with Crippen LogP contribution in [0, 0.1) is 13.8 Å². The molecule has 0 unspecified atom stereocenters. The number of benzene rings is 2. The highest BCUT2D eigenvalue weighted by Gasteiger charge is 2.26. The average Bonchev–Trinajstić information content (AvgIpc) is 2.78. The van der Waals surface area contributed by atoms with Gasteiger partial charge in [0.25, 0.3) is 5.91 Å². The van der Waals surface area contributed by atoms with Crippen molar-refractivity contribution in [2.75, 3.05) is 26.8 Å². The van der Waals surface area contributed by atoms with E-state index in [0.29, 0.717) is 17.9 Å². The topological polar surface area (TPSA) is 96.9 Å². The number of hydrogen-bond acceptors (Lipinski definition) is 6. The predicted octanol–water partition coefficient (Wildman–Crippen LogP) is 3.71. The fraction of sp³-hybridized carbons (Fsp3) is 0.440. The summed E-state index contributed by atoms with van der Waals surface area (Å²) in [7, 11) is 1.91. The zero-order chi connectivity index (χ0) is 23.5. The lowest BCUT2D eigenvalue weighted by Gasteiger charge is -2.20. The molecule has 0 aliphatic heterocycles. The summed E-state index contributed by atoms with van der Waals surface area (Å²) in [4.78, 5) is 25.5. The molecule has 2 aromatic carbocycles. The first kappa shape index (κ1) is 28.3. The highest BCUT2D eigenvalue weighted by atomic mass is 35.5. The van der Waals surface area contributed by atoms with Gasteiger partial charge in [0.05, 0.1) is 18.8 Å². The fourth-order valence-corrected chi connectivity index (χ4v) is 3.45. The largest absolute Gasteiger partial charge is 0.507 e. The van der Waals surface area contributed by atoms with Crippen LogP contribution in [0.25, 0.3) is 0 Å². The van der Waals surface area contributed by atoms with Gasteiger partial charge in [0.1, 0.15) is 17.5 Å². The van der Waals surface area contributed by atoms with Crippen LogP contribution in [0.1, 0.15) is 46.8 Å². The first-order chi connectivity index (χ1) is 15.4. The third-order valence-corrected chi connectivity index (χ3v) is 5.14. The number of ether oxygens (including phenoxy) is 2. The van der Waals surface area contributed by atoms with Crippen molar-refractivity contribution in [1.82, 2.24) is 10.6 Å². The zero-order valence-electron chi connectivity index (χ0n) is 19.8. The molecule has 0 saturated heterocycles. The summed E-state index contributed by atoms with van der Waals surface area (Å²) in [5, 5.41) is 16.5. The molecular formula is C25H35ClN2O5. The Hall–Kier alpha value is -2.77. The van der Waals surface area contributed by atoms with Crippen molar-refractivity contribution in [2.24, 2.45) is 0 Å². The first-order valence-corrected chi connectivity index (χ1v) is 11.0. The van der Waals surface area contributed by atoms with Crippen molar-refractivity contribution >= 4 is 24.3 Å². The summed E-state index contributed by atoms with van der Waals surface area (Å²) in [6.45, 7) is 6.92. The lowest BCUT2D eigenvalue weighted by molar-refractivity contribution is -0.145. The third-order valence-electron chi connectivity index (χ3n) is 5.14. The summed E-state index contributed by atoms with van der Waals surface area (Å²) in [6.07, 6.45) is 2.15. The SMILES string of the molecule is CCOC(=O)[C@@H](Cc1ccccc1)NC(=O)c1cc(C)c(OCCCCNC)c(C)c1O.Cl. The second kappa shape index (κ2) is 14.4. The Morgan fingerprint density at radius 2 is 1.82 bits per heavy atom. The molecule has 2 rings (SSSR count). The van der Waals surface area contributed by atoms with Crippen LogP contribution in [0.4, 0.5) is 0 Å². The van der Waals surface area contributed by atoms with E-state index in [1.807, 2.05) is 44.3 Å². The van der Waals surface area contributed by atoms with Crippen molar-refractivity contribution in [2.45, 2.75) is 46.1 Å². The molecule has 33 heavy (non-hydrogen) atoms. The number of rotatable bonds is 12. The second-order valence-electron chi connectivity index (χ2n) is 7.67. The number of nitrogens with one attached hydrogen (secondary N) is 2. The van der Waals surface area contributed by atoms with Crippen LogP contribution in [-0.2, 0) is 16.0 Å². The third kappa shape index (κ3) is 8.26. The molecule has 182 valence electrons. The Labute approximate surface area is 202 Å². The molecular weight excluding hydrogens is 444 g/mol. The van der Waals surface area contributed by atoms with Gasteiger partial charge >= 0.3 is 5.97 Å². The lowest BCUT2D eigenvalue weighted by Crippen LogP contribution is -2.43. The highest BCUT2D eigenvalue weighted by Crippen LogP contribution is 2.34. The fourth-order valence-electron chi connectivity index (χ4n) is 3.45. The number of esters is 1. The summed E-state index contributed by atoms with van der Waals surface area (Å²) in [5.74, 6) is -0.627. The molecule has 1 atom stereocenters. The standard InChI is InChI=1S/C25H34N2O5.ClH/c1-5-31-25(30)21(16-19-11-7-6-8-12-19)27-24(29)20-15-17(2)23(18(3)22(20)28)32-14-10-9-13-26-4;/h6-8,11-12,15,21,26,28H,5,9-10,13-14,16H2,1-4H3,(H,27,29);1H/t21-;/m1./s1. The molecule has 0 fully saturated rings. The van der Waals surface area contributed by atoms with Gasteiger partial charge in [-0.05, 0) is 64.4 Å². The maximum absolute atomic E-state index is 13.0. The molecule has 0 saturated carbocycles. The van der Waals surface area contributed by atoms with Gasteiger partial charge in [0, 0.05) is 12.0 Å². The number of unbranched alkanes of at least 4 members (excludes halogenated alkanes) is 1. The van der Waals surface area contributed by atoms with E-state index in [2.05, 4.69) is 10.6 Å². The van der Waals surface area contributed by atoms with Crippen LogP contribution in [-0.4, -0.2) is 49.8 Å². The minimum atomic E-state index is -0.868. The Morgan fingerprint density at radius 1 is 1.12 bits per heavy atom. The normalized spacial score (nSPS) is 11.3. The molecule has 0 aromatic heterocycles. The molecule has 0 aliphatic rings. The van der Waals surface area contributed by atoms with Crippen LogP contribution in [0.15, 0.2) is 36.4 Å². The molecule has 0 heterocycles. The van der Waals surface area contributed by atoms with E-state index in [9.17, 15) is 14.7 Å². The molecule has 0 bridgehead atoms. The van der Waals surface area contributed by atoms with Crippen molar-refractivity contribution in [3.63, 3.8) is 0 Å². The van der Waals surface area contributed by atoms with Gasteiger partial charge in [-0.15, -0.1) is 12.4 Å². The van der Waals surface area contributed by atoms with Crippen molar-refractivity contribution in [1.29, 1.82) is 0 Å². The molecule has 2 aromatic rings. The number of phenolic OH excluding ortho intramolecular Hbond substituents is 1. The summed E-state index contributed by atoms with van der Waals surface area (Å²) in [6, 6.07) is 10.1. The van der Waals surface area contributed by atoms with Gasteiger partial charge in [-0.2, -0.15) is 0 Å². The Balaban J connectivity index is 0.00000544. The lowest BCUT2D eigenvalue weighted by atomic mass is 10.0. The van der Waals surface area contributed by atoms with Crippen LogP contribution in [0.2, 0.25) is 0 Å². The molecule has 0 spiro atoms. The van der Waals surface area contributed by atoms with Crippen LogP contribution in [0.3, 0.4) is 0 Å². The molecule has 0 radical (unpaired) electrons. The zero-order valence-corrected chi connectivity index (χ0v) is 20.6. The van der Waals surface area contributed by atoms with E-state index in [4.69, 9.17) is 9.47 Å². The van der Waals surface area contributed by atoms with E-state index in [0.717, 1.165) is 30.5 Å². The number of aromatic hydroxyl groups is 1. The number of carbonyl (C=O) groups excluding carboxylic acids is 2. The van der Waals surface area contributed by atoms with Crippen LogP contribution in [0.5, 0.6) is 11.5 Å².